The van der Waals surface area contributed by atoms with Gasteiger partial charge in [0.15, 0.2) is 22.9 Å². The second kappa shape index (κ2) is 8.32. The number of hydrogen-bond donors (Lipinski definition) is 5. The molecule has 6 N–H and O–H groups in total. The van der Waals surface area contributed by atoms with Gasteiger partial charge in [0.2, 0.25) is 12.6 Å². The highest BCUT2D eigenvalue weighted by Crippen LogP contribution is 2.54. The van der Waals surface area contributed by atoms with Gasteiger partial charge in [0, 0.05) is 11.5 Å². The fourth-order valence-corrected chi connectivity index (χ4v) is 6.58. The lowest BCUT2D eigenvalue weighted by atomic mass is 9.57. The number of ether oxygens (including phenoxy) is 2. The number of fused-ring (bicyclic) bond motifs is 4. The number of nitrogens with zero attached hydrogens (tertiary/aromatic N) is 1. The topological polar surface area (TPSA) is 180 Å². The minimum Gasteiger partial charge on any atom is -0.508 e. The van der Waals surface area contributed by atoms with Crippen molar-refractivity contribution in [1.82, 2.24) is 4.90 Å². The molecule has 0 saturated heterocycles. The lowest BCUT2D eigenvalue weighted by Crippen LogP contribution is -2.65. The van der Waals surface area contributed by atoms with Crippen molar-refractivity contribution in [3.05, 3.63) is 58.4 Å². The number of phenols is 1. The van der Waals surface area contributed by atoms with Crippen molar-refractivity contribution in [1.29, 1.82) is 0 Å². The van der Waals surface area contributed by atoms with Gasteiger partial charge in [0.25, 0.3) is 5.91 Å². The number of carbonyl (C=O) groups excluding carboxylic acids is 3. The molecule has 4 atom stereocenters. The number of aliphatic hydroxyl groups excluding tert-OH is 2. The maximum Gasteiger partial charge on any atom is 0.255 e. The summed E-state index contributed by atoms with van der Waals surface area (Å²) in [5.41, 5.74) is 3.66. The van der Waals surface area contributed by atoms with Gasteiger partial charge in [0.05, 0.1) is 11.6 Å². The number of amides is 1. The molecule has 2 aromatic carbocycles. The summed E-state index contributed by atoms with van der Waals surface area (Å²) in [5, 5.41) is 44.8. The van der Waals surface area contributed by atoms with E-state index in [2.05, 4.69) is 0 Å². The van der Waals surface area contributed by atoms with Crippen LogP contribution in [-0.2, 0) is 20.8 Å². The van der Waals surface area contributed by atoms with Gasteiger partial charge in [-0.05, 0) is 67.7 Å². The van der Waals surface area contributed by atoms with Crippen molar-refractivity contribution in [3.8, 4) is 28.4 Å². The molecule has 1 saturated carbocycles. The Hall–Kier alpha value is -4.35. The molecular weight excluding hydrogens is 508 g/mol. The van der Waals surface area contributed by atoms with Gasteiger partial charge in [-0.15, -0.1) is 0 Å². The van der Waals surface area contributed by atoms with Gasteiger partial charge in [-0.25, -0.2) is 0 Å². The van der Waals surface area contributed by atoms with Crippen LogP contribution >= 0.6 is 0 Å². The van der Waals surface area contributed by atoms with E-state index in [1.807, 2.05) is 6.07 Å². The molecule has 1 heterocycles. The Kier molecular flexibility index (Phi) is 5.33. The number of aliphatic hydroxyl groups is 3. The molecule has 3 aliphatic carbocycles. The zero-order valence-electron chi connectivity index (χ0n) is 21.1. The van der Waals surface area contributed by atoms with Crippen molar-refractivity contribution < 1.29 is 44.3 Å². The van der Waals surface area contributed by atoms with Crippen LogP contribution in [0.1, 0.15) is 17.5 Å². The van der Waals surface area contributed by atoms with E-state index in [0.29, 0.717) is 22.6 Å². The molecule has 1 fully saturated rings. The Morgan fingerprint density at radius 2 is 1.79 bits per heavy atom. The Balaban J connectivity index is 1.54. The van der Waals surface area contributed by atoms with Gasteiger partial charge < -0.3 is 35.6 Å². The summed E-state index contributed by atoms with van der Waals surface area (Å²) in [5.74, 6) is -5.70. The molecule has 0 spiro atoms. The van der Waals surface area contributed by atoms with E-state index in [0.717, 1.165) is 5.56 Å². The molecule has 0 aromatic heterocycles. The minimum atomic E-state index is -2.67. The summed E-state index contributed by atoms with van der Waals surface area (Å²) in [6.07, 6.45) is 0.203. The Morgan fingerprint density at radius 1 is 1.08 bits per heavy atom. The van der Waals surface area contributed by atoms with Crippen LogP contribution in [-0.4, -0.2) is 75.3 Å². The minimum absolute atomic E-state index is 0.0159. The van der Waals surface area contributed by atoms with E-state index in [1.54, 1.807) is 32.3 Å². The number of rotatable bonds is 3. The van der Waals surface area contributed by atoms with Crippen LogP contribution in [0.2, 0.25) is 0 Å². The molecule has 11 nitrogen and oxygen atoms in total. The number of nitrogens with two attached hydrogens (primary N) is 1. The van der Waals surface area contributed by atoms with Gasteiger partial charge in [0.1, 0.15) is 22.8 Å². The van der Waals surface area contributed by atoms with Crippen LogP contribution < -0.4 is 15.2 Å². The molecule has 0 unspecified atom stereocenters. The van der Waals surface area contributed by atoms with E-state index in [4.69, 9.17) is 15.2 Å². The number of primary amides is 1. The van der Waals surface area contributed by atoms with Gasteiger partial charge in [-0.1, -0.05) is 12.1 Å². The van der Waals surface area contributed by atoms with Crippen molar-refractivity contribution >= 4 is 23.2 Å². The van der Waals surface area contributed by atoms with Crippen LogP contribution in [0.5, 0.6) is 17.2 Å². The van der Waals surface area contributed by atoms with Gasteiger partial charge >= 0.3 is 0 Å². The first-order valence-electron chi connectivity index (χ1n) is 12.4. The summed E-state index contributed by atoms with van der Waals surface area (Å²) in [7, 11) is 3.12. The highest BCUT2D eigenvalue weighted by atomic mass is 16.7. The smallest absolute Gasteiger partial charge is 0.255 e. The number of phenolic OH excluding ortho intramolecular Hbond substituents is 1. The zero-order chi connectivity index (χ0) is 28.0. The van der Waals surface area contributed by atoms with Crippen molar-refractivity contribution in [3.63, 3.8) is 0 Å². The zero-order valence-corrected chi connectivity index (χ0v) is 21.1. The molecule has 202 valence electrons. The van der Waals surface area contributed by atoms with Gasteiger partial charge in [-0.2, -0.15) is 0 Å². The molecule has 39 heavy (non-hydrogen) atoms. The monoisotopic (exact) mass is 534 g/mol. The number of ketones is 2. The molecule has 0 bridgehead atoms. The Morgan fingerprint density at radius 3 is 2.49 bits per heavy atom. The van der Waals surface area contributed by atoms with E-state index in [9.17, 15) is 34.8 Å². The Bertz CT molecular complexity index is 1560. The van der Waals surface area contributed by atoms with Crippen LogP contribution in [0.15, 0.2) is 47.2 Å². The third kappa shape index (κ3) is 3.26. The summed E-state index contributed by atoms with van der Waals surface area (Å²) < 4.78 is 10.9. The van der Waals surface area contributed by atoms with Crippen LogP contribution in [0.3, 0.4) is 0 Å². The van der Waals surface area contributed by atoms with Gasteiger partial charge in [-0.3, -0.25) is 19.3 Å². The van der Waals surface area contributed by atoms with Crippen molar-refractivity contribution in [2.75, 3.05) is 20.9 Å². The Labute approximate surface area is 222 Å². The van der Waals surface area contributed by atoms with Crippen LogP contribution in [0.25, 0.3) is 16.9 Å². The first-order valence-corrected chi connectivity index (χ1v) is 12.4. The average molecular weight is 535 g/mol. The van der Waals surface area contributed by atoms with Crippen molar-refractivity contribution in [2.24, 2.45) is 17.6 Å². The predicted molar refractivity (Wildman–Crippen MR) is 136 cm³/mol. The summed E-state index contributed by atoms with van der Waals surface area (Å²) in [4.78, 5) is 40.7. The number of benzene rings is 2. The number of likely N-dealkylation sites (N-methyl/N-ethyl adjacent to an activating group) is 1. The van der Waals surface area contributed by atoms with Crippen LogP contribution in [0.4, 0.5) is 0 Å². The number of carbonyl (C=O) groups is 3. The third-order valence-corrected chi connectivity index (χ3v) is 8.29. The summed E-state index contributed by atoms with van der Waals surface area (Å²) in [6, 6.07) is 7.31. The predicted octanol–water partition coefficient (Wildman–Crippen LogP) is 1.36. The molecule has 1 aliphatic heterocycles. The lowest BCUT2D eigenvalue weighted by Gasteiger charge is -2.50. The van der Waals surface area contributed by atoms with E-state index in [1.165, 1.54) is 11.0 Å². The highest BCUT2D eigenvalue weighted by Gasteiger charge is 2.64. The fourth-order valence-electron chi connectivity index (χ4n) is 6.58. The second-order valence-electron chi connectivity index (χ2n) is 10.5. The number of hydrogen-bond acceptors (Lipinski definition) is 10. The number of Topliss-reactive ketones (excluding diaryl/α,β-unsaturated/α-hetero) is 2. The first-order chi connectivity index (χ1) is 18.5. The fraction of sp³-hybridized carbons (Fsp3) is 0.321. The maximum absolute atomic E-state index is 13.9. The maximum atomic E-state index is 13.9. The largest absolute Gasteiger partial charge is 0.508 e. The second-order valence-corrected chi connectivity index (χ2v) is 10.5. The molecule has 0 radical (unpaired) electrons. The molecule has 11 heteroatoms. The SMILES string of the molecule is CN(C)[C@H]1C(=O)C(C(N)=O)=C(O)[C@@]2(O)C(=O)C3=C(O)c4c(O)ccc(-c5ccc6c(c5)OCO6)c4C[C@@H]3C[C@@H]12. The summed E-state index contributed by atoms with van der Waals surface area (Å²) in [6.45, 7) is 0.0956. The normalized spacial score (nSPS) is 27.4. The highest BCUT2D eigenvalue weighted by molar-refractivity contribution is 6.24. The molecule has 2 aromatic rings. The summed E-state index contributed by atoms with van der Waals surface area (Å²) >= 11 is 0. The average Bonchev–Trinajstić information content (AvgIpc) is 3.34. The molecule has 4 aliphatic rings. The standard InChI is InChI=1S/C28H26N2O9/c1-30(2)22-15-8-12-7-14-13(11-3-6-17-18(9-11)39-10-38-17)4-5-16(31)20(14)23(32)19(12)25(34)28(15,37)26(35)21(24(22)33)27(29)36/h3-6,9,12,15,22,31-32,35,37H,7-8,10H2,1-2H3,(H2,29,36)/t12-,15+,22-,28+/m1/s1. The quantitative estimate of drug-likeness (QED) is 0.361. The van der Waals surface area contributed by atoms with E-state index >= 15 is 0 Å². The molecular formula is C28H26N2O9. The molecule has 1 amide bonds. The third-order valence-electron chi connectivity index (χ3n) is 8.29. The molecule has 6 rings (SSSR count). The van der Waals surface area contributed by atoms with E-state index < -0.39 is 58.0 Å². The number of aromatic hydroxyl groups is 1. The van der Waals surface area contributed by atoms with E-state index in [-0.39, 0.29) is 36.5 Å². The lowest BCUT2D eigenvalue weighted by molar-refractivity contribution is -0.153. The first kappa shape index (κ1) is 25.0. The van der Waals surface area contributed by atoms with Crippen LogP contribution in [0, 0.1) is 11.8 Å². The van der Waals surface area contributed by atoms with Crippen molar-refractivity contribution in [2.45, 2.75) is 24.5 Å².